The van der Waals surface area contributed by atoms with Crippen LogP contribution in [-0.2, 0) is 4.79 Å². The molecule has 0 aromatic carbocycles. The van der Waals surface area contributed by atoms with Crippen LogP contribution in [0.2, 0.25) is 0 Å². The average Bonchev–Trinajstić information content (AvgIpc) is 2.28. The van der Waals surface area contributed by atoms with E-state index in [1.807, 2.05) is 0 Å². The molecule has 1 unspecified atom stereocenters. The highest BCUT2D eigenvalue weighted by Gasteiger charge is 2.48. The summed E-state index contributed by atoms with van der Waals surface area (Å²) in [5, 5.41) is 2.31. The average molecular weight is 250 g/mol. The van der Waals surface area contributed by atoms with Crippen LogP contribution in [-0.4, -0.2) is 42.2 Å². The van der Waals surface area contributed by atoms with Crippen LogP contribution in [0.25, 0.3) is 0 Å². The molecule has 2 fully saturated rings. The molecule has 1 atom stereocenters. The van der Waals surface area contributed by atoms with E-state index >= 15 is 0 Å². The Labute approximate surface area is 98.3 Å². The van der Waals surface area contributed by atoms with Crippen molar-refractivity contribution in [3.05, 3.63) is 0 Å². The molecular weight excluding hydrogens is 233 g/mol. The number of rotatable bonds is 1. The van der Waals surface area contributed by atoms with E-state index in [2.05, 4.69) is 5.32 Å². The third-order valence-electron chi connectivity index (χ3n) is 3.64. The van der Waals surface area contributed by atoms with Crippen LogP contribution in [0.5, 0.6) is 0 Å². The fraction of sp³-hybridized carbons (Fsp3) is 0.909. The van der Waals surface area contributed by atoms with Gasteiger partial charge in [0.1, 0.15) is 6.04 Å². The lowest BCUT2D eigenvalue weighted by Crippen LogP contribution is -2.62. The predicted molar refractivity (Wildman–Crippen MR) is 56.4 cm³/mol. The van der Waals surface area contributed by atoms with Crippen molar-refractivity contribution < 1.29 is 18.0 Å². The Morgan fingerprint density at radius 3 is 2.41 bits per heavy atom. The van der Waals surface area contributed by atoms with Gasteiger partial charge in [-0.15, -0.1) is 0 Å². The van der Waals surface area contributed by atoms with E-state index in [1.54, 1.807) is 0 Å². The highest BCUT2D eigenvalue weighted by Crippen LogP contribution is 2.31. The lowest BCUT2D eigenvalue weighted by atomic mass is 9.92. The monoisotopic (exact) mass is 250 g/mol. The second-order valence-corrected chi connectivity index (χ2v) is 4.83. The molecule has 1 amide bonds. The van der Waals surface area contributed by atoms with Crippen molar-refractivity contribution in [2.45, 2.75) is 50.4 Å². The van der Waals surface area contributed by atoms with Gasteiger partial charge < -0.3 is 5.32 Å². The van der Waals surface area contributed by atoms with Gasteiger partial charge in [0.05, 0.1) is 6.54 Å². The van der Waals surface area contributed by atoms with Crippen molar-refractivity contribution >= 4 is 5.91 Å². The van der Waals surface area contributed by atoms with Gasteiger partial charge in [-0.2, -0.15) is 13.2 Å². The van der Waals surface area contributed by atoms with Gasteiger partial charge in [0.2, 0.25) is 5.91 Å². The maximum atomic E-state index is 12.9. The van der Waals surface area contributed by atoms with Gasteiger partial charge in [-0.25, -0.2) is 0 Å². The van der Waals surface area contributed by atoms with Gasteiger partial charge in [-0.05, 0) is 12.8 Å². The summed E-state index contributed by atoms with van der Waals surface area (Å²) in [7, 11) is 0. The SMILES string of the molecule is O=C1CN(C2CCCCC2)C(C(F)(F)F)CN1. The molecule has 0 aromatic rings. The number of halogens is 3. The molecule has 0 bridgehead atoms. The van der Waals surface area contributed by atoms with Crippen LogP contribution in [0.4, 0.5) is 13.2 Å². The van der Waals surface area contributed by atoms with E-state index < -0.39 is 12.2 Å². The molecule has 2 rings (SSSR count). The number of nitrogens with one attached hydrogen (secondary N) is 1. The predicted octanol–water partition coefficient (Wildman–Crippen LogP) is 1.68. The van der Waals surface area contributed by atoms with Crippen LogP contribution in [0.3, 0.4) is 0 Å². The van der Waals surface area contributed by atoms with Crippen molar-refractivity contribution in [2.75, 3.05) is 13.1 Å². The molecule has 1 N–H and O–H groups in total. The summed E-state index contributed by atoms with van der Waals surface area (Å²) in [4.78, 5) is 12.6. The van der Waals surface area contributed by atoms with Crippen LogP contribution in [0, 0.1) is 0 Å². The Kier molecular flexibility index (Phi) is 3.61. The molecule has 0 radical (unpaired) electrons. The molecular formula is C11H17F3N2O. The Morgan fingerprint density at radius 2 is 1.82 bits per heavy atom. The summed E-state index contributed by atoms with van der Waals surface area (Å²) >= 11 is 0. The summed E-state index contributed by atoms with van der Waals surface area (Å²) < 4.78 is 38.6. The number of hydrogen-bond donors (Lipinski definition) is 1. The highest BCUT2D eigenvalue weighted by molar-refractivity contribution is 5.79. The largest absolute Gasteiger partial charge is 0.405 e. The van der Waals surface area contributed by atoms with Gasteiger partial charge in [-0.3, -0.25) is 9.69 Å². The number of amides is 1. The molecule has 0 aromatic heterocycles. The second-order valence-electron chi connectivity index (χ2n) is 4.83. The zero-order chi connectivity index (χ0) is 12.5. The van der Waals surface area contributed by atoms with E-state index in [0.29, 0.717) is 0 Å². The first-order chi connectivity index (χ1) is 7.98. The topological polar surface area (TPSA) is 32.3 Å². The highest BCUT2D eigenvalue weighted by atomic mass is 19.4. The Morgan fingerprint density at radius 1 is 1.18 bits per heavy atom. The summed E-state index contributed by atoms with van der Waals surface area (Å²) in [5.74, 6) is -0.295. The van der Waals surface area contributed by atoms with Crippen LogP contribution < -0.4 is 5.32 Å². The Balaban J connectivity index is 2.10. The zero-order valence-electron chi connectivity index (χ0n) is 9.59. The molecule has 0 spiro atoms. The van der Waals surface area contributed by atoms with Crippen molar-refractivity contribution in [1.82, 2.24) is 10.2 Å². The number of alkyl halides is 3. The summed E-state index contributed by atoms with van der Waals surface area (Å²) in [6.07, 6.45) is 0.318. The normalized spacial score (nSPS) is 29.1. The molecule has 1 aliphatic carbocycles. The molecule has 98 valence electrons. The molecule has 17 heavy (non-hydrogen) atoms. The van der Waals surface area contributed by atoms with Crippen LogP contribution >= 0.6 is 0 Å². The Bertz CT molecular complexity index is 287. The number of carbonyl (C=O) groups is 1. The smallest absolute Gasteiger partial charge is 0.353 e. The fourth-order valence-corrected chi connectivity index (χ4v) is 2.76. The van der Waals surface area contributed by atoms with Crippen molar-refractivity contribution in [3.63, 3.8) is 0 Å². The van der Waals surface area contributed by atoms with E-state index in [9.17, 15) is 18.0 Å². The maximum absolute atomic E-state index is 12.9. The van der Waals surface area contributed by atoms with Crippen molar-refractivity contribution in [3.8, 4) is 0 Å². The van der Waals surface area contributed by atoms with Crippen molar-refractivity contribution in [2.24, 2.45) is 0 Å². The molecule has 1 saturated carbocycles. The Hall–Kier alpha value is -0.780. The minimum atomic E-state index is -4.26. The van der Waals surface area contributed by atoms with E-state index in [0.717, 1.165) is 32.1 Å². The van der Waals surface area contributed by atoms with Gasteiger partial charge >= 0.3 is 6.18 Å². The minimum Gasteiger partial charge on any atom is -0.353 e. The summed E-state index contributed by atoms with van der Waals surface area (Å²) in [6.45, 7) is -0.423. The zero-order valence-corrected chi connectivity index (χ0v) is 9.59. The summed E-state index contributed by atoms with van der Waals surface area (Å²) in [6, 6.07) is -1.59. The molecule has 1 aliphatic heterocycles. The first-order valence-electron chi connectivity index (χ1n) is 6.07. The molecule has 2 aliphatic rings. The van der Waals surface area contributed by atoms with Gasteiger partial charge in [0, 0.05) is 12.6 Å². The molecule has 3 nitrogen and oxygen atoms in total. The lowest BCUT2D eigenvalue weighted by molar-refractivity contribution is -0.196. The number of nitrogens with zero attached hydrogens (tertiary/aromatic N) is 1. The minimum absolute atomic E-state index is 0.0820. The lowest BCUT2D eigenvalue weighted by Gasteiger charge is -2.42. The van der Waals surface area contributed by atoms with Crippen LogP contribution in [0.1, 0.15) is 32.1 Å². The van der Waals surface area contributed by atoms with Gasteiger partial charge in [0.25, 0.3) is 0 Å². The molecule has 1 saturated heterocycles. The third-order valence-corrected chi connectivity index (χ3v) is 3.64. The van der Waals surface area contributed by atoms with Gasteiger partial charge in [0.15, 0.2) is 0 Å². The maximum Gasteiger partial charge on any atom is 0.405 e. The number of piperazine rings is 1. The quantitative estimate of drug-likeness (QED) is 0.768. The molecule has 6 heteroatoms. The van der Waals surface area contributed by atoms with E-state index in [1.165, 1.54) is 4.90 Å². The van der Waals surface area contributed by atoms with E-state index in [-0.39, 0.29) is 25.0 Å². The first-order valence-corrected chi connectivity index (χ1v) is 6.07. The number of carbonyl (C=O) groups excluding carboxylic acids is 1. The third kappa shape index (κ3) is 2.91. The first kappa shape index (κ1) is 12.7. The van der Waals surface area contributed by atoms with Gasteiger partial charge in [-0.1, -0.05) is 19.3 Å². The summed E-state index contributed by atoms with van der Waals surface area (Å²) in [5.41, 5.74) is 0. The standard InChI is InChI=1S/C11H17F3N2O/c12-11(13,14)9-6-15-10(17)7-16(9)8-4-2-1-3-5-8/h8-9H,1-7H2,(H,15,17). The van der Waals surface area contributed by atoms with E-state index in [4.69, 9.17) is 0 Å². The number of hydrogen-bond acceptors (Lipinski definition) is 2. The van der Waals surface area contributed by atoms with Crippen LogP contribution in [0.15, 0.2) is 0 Å². The molecule has 1 heterocycles. The second kappa shape index (κ2) is 4.84. The van der Waals surface area contributed by atoms with Crippen molar-refractivity contribution in [1.29, 1.82) is 0 Å². The fourth-order valence-electron chi connectivity index (χ4n) is 2.76.